The van der Waals surface area contributed by atoms with Gasteiger partial charge in [0.25, 0.3) is 0 Å². The van der Waals surface area contributed by atoms with Crippen molar-refractivity contribution in [1.82, 2.24) is 15.2 Å². The molecule has 0 bridgehead atoms. The summed E-state index contributed by atoms with van der Waals surface area (Å²) in [5, 5.41) is 7.96. The molecule has 0 fully saturated rings. The molecular weight excluding hydrogens is 250 g/mol. The Bertz CT molecular complexity index is 423. The van der Waals surface area contributed by atoms with Gasteiger partial charge in [-0.15, -0.1) is 10.2 Å². The summed E-state index contributed by atoms with van der Waals surface area (Å²) in [5.41, 5.74) is 0.654. The standard InChI is InChI=1S/C11H21N3O3Si/c1-9(15)17-14-12-7-10(13-14)8-16-18(5,6)11(2,3)4/h7H,8H2,1-6H3. The van der Waals surface area contributed by atoms with Gasteiger partial charge >= 0.3 is 5.97 Å². The first kappa shape index (κ1) is 14.8. The fraction of sp³-hybridized carbons (Fsp3) is 0.727. The van der Waals surface area contributed by atoms with E-state index in [9.17, 15) is 4.79 Å². The lowest BCUT2D eigenvalue weighted by atomic mass is 10.2. The van der Waals surface area contributed by atoms with Crippen LogP contribution in [0.4, 0.5) is 0 Å². The number of rotatable bonds is 4. The van der Waals surface area contributed by atoms with Crippen molar-refractivity contribution >= 4 is 14.3 Å². The summed E-state index contributed by atoms with van der Waals surface area (Å²) in [6.07, 6.45) is 1.54. The number of hydrogen-bond donors (Lipinski definition) is 0. The van der Waals surface area contributed by atoms with Gasteiger partial charge in [0.15, 0.2) is 8.32 Å². The minimum Gasteiger partial charge on any atom is -0.411 e. The van der Waals surface area contributed by atoms with Gasteiger partial charge in [-0.05, 0) is 18.1 Å². The molecule has 0 aromatic carbocycles. The number of aromatic nitrogens is 3. The Kier molecular flexibility index (Phi) is 4.28. The summed E-state index contributed by atoms with van der Waals surface area (Å²) in [6.45, 7) is 12.6. The zero-order chi connectivity index (χ0) is 14.0. The van der Waals surface area contributed by atoms with Crippen molar-refractivity contribution in [2.45, 2.75) is 52.4 Å². The predicted octanol–water partition coefficient (Wildman–Crippen LogP) is 1.77. The van der Waals surface area contributed by atoms with Crippen molar-refractivity contribution in [2.24, 2.45) is 0 Å². The van der Waals surface area contributed by atoms with Crippen LogP contribution in [0.15, 0.2) is 6.20 Å². The van der Waals surface area contributed by atoms with Crippen molar-refractivity contribution in [2.75, 3.05) is 0 Å². The van der Waals surface area contributed by atoms with Crippen molar-refractivity contribution in [3.8, 4) is 0 Å². The fourth-order valence-electron chi connectivity index (χ4n) is 0.974. The molecule has 6 nitrogen and oxygen atoms in total. The maximum atomic E-state index is 10.7. The molecular formula is C11H21N3O3Si. The lowest BCUT2D eigenvalue weighted by molar-refractivity contribution is -0.145. The third-order valence-electron chi connectivity index (χ3n) is 3.12. The van der Waals surface area contributed by atoms with Gasteiger partial charge in [0, 0.05) is 11.9 Å². The smallest absolute Gasteiger partial charge is 0.333 e. The lowest BCUT2D eigenvalue weighted by Gasteiger charge is -2.35. The number of hydrogen-bond acceptors (Lipinski definition) is 5. The first-order valence-electron chi connectivity index (χ1n) is 5.86. The normalized spacial score (nSPS) is 12.6. The molecule has 0 N–H and O–H groups in total. The summed E-state index contributed by atoms with van der Waals surface area (Å²) in [6, 6.07) is 0. The quantitative estimate of drug-likeness (QED) is 0.781. The molecule has 0 aliphatic heterocycles. The molecule has 0 aliphatic rings. The number of nitrogens with zero attached hydrogens (tertiary/aromatic N) is 3. The second-order valence-corrected chi connectivity index (χ2v) is 10.5. The minimum atomic E-state index is -1.80. The maximum absolute atomic E-state index is 10.7. The van der Waals surface area contributed by atoms with Gasteiger partial charge in [-0.3, -0.25) is 0 Å². The molecule has 0 atom stereocenters. The van der Waals surface area contributed by atoms with Gasteiger partial charge in [0.05, 0.1) is 12.8 Å². The predicted molar refractivity (Wildman–Crippen MR) is 69.3 cm³/mol. The largest absolute Gasteiger partial charge is 0.411 e. The van der Waals surface area contributed by atoms with Crippen molar-refractivity contribution in [3.05, 3.63) is 11.9 Å². The van der Waals surface area contributed by atoms with Gasteiger partial charge < -0.3 is 9.26 Å². The van der Waals surface area contributed by atoms with E-state index in [1.54, 1.807) is 0 Å². The average Bonchev–Trinajstić information content (AvgIpc) is 2.60. The van der Waals surface area contributed by atoms with E-state index < -0.39 is 14.3 Å². The highest BCUT2D eigenvalue weighted by atomic mass is 28.4. The molecule has 0 spiro atoms. The second-order valence-electron chi connectivity index (χ2n) is 5.72. The van der Waals surface area contributed by atoms with E-state index >= 15 is 0 Å². The Labute approximate surface area is 108 Å². The molecule has 0 unspecified atom stereocenters. The van der Waals surface area contributed by atoms with Crippen LogP contribution in [0.3, 0.4) is 0 Å². The molecule has 1 aromatic heterocycles. The Morgan fingerprint density at radius 1 is 1.44 bits per heavy atom. The molecule has 0 saturated carbocycles. The first-order chi connectivity index (χ1) is 8.12. The van der Waals surface area contributed by atoms with Crippen LogP contribution in [0, 0.1) is 0 Å². The average molecular weight is 271 g/mol. The van der Waals surface area contributed by atoms with E-state index in [-0.39, 0.29) is 5.04 Å². The minimum absolute atomic E-state index is 0.152. The van der Waals surface area contributed by atoms with E-state index in [0.717, 1.165) is 4.96 Å². The summed E-state index contributed by atoms with van der Waals surface area (Å²) in [5.74, 6) is -0.456. The number of carbonyl (C=O) groups is 1. The van der Waals surface area contributed by atoms with E-state index in [2.05, 4.69) is 44.1 Å². The van der Waals surface area contributed by atoms with Gasteiger partial charge in [-0.25, -0.2) is 4.79 Å². The molecule has 1 rings (SSSR count). The van der Waals surface area contributed by atoms with Crippen LogP contribution in [-0.2, 0) is 15.8 Å². The summed E-state index contributed by atoms with van der Waals surface area (Å²) in [4.78, 5) is 16.3. The SMILES string of the molecule is CC(=O)On1ncc(CO[Si](C)(C)C(C)(C)C)n1. The molecule has 1 aromatic rings. The van der Waals surface area contributed by atoms with E-state index in [0.29, 0.717) is 12.3 Å². The topological polar surface area (TPSA) is 66.2 Å². The van der Waals surface area contributed by atoms with E-state index in [4.69, 9.17) is 9.26 Å². The highest BCUT2D eigenvalue weighted by molar-refractivity contribution is 6.74. The monoisotopic (exact) mass is 271 g/mol. The Balaban J connectivity index is 2.59. The molecule has 0 radical (unpaired) electrons. The van der Waals surface area contributed by atoms with Crippen LogP contribution in [0.25, 0.3) is 0 Å². The van der Waals surface area contributed by atoms with Gasteiger partial charge in [0.2, 0.25) is 0 Å². The number of carbonyl (C=O) groups excluding carboxylic acids is 1. The van der Waals surface area contributed by atoms with Crippen LogP contribution in [0.1, 0.15) is 33.4 Å². The molecule has 1 heterocycles. The van der Waals surface area contributed by atoms with Crippen LogP contribution in [-0.4, -0.2) is 29.4 Å². The molecule has 0 aliphatic carbocycles. The molecule has 18 heavy (non-hydrogen) atoms. The Morgan fingerprint density at radius 2 is 2.06 bits per heavy atom. The van der Waals surface area contributed by atoms with E-state index in [1.807, 2.05) is 0 Å². The summed E-state index contributed by atoms with van der Waals surface area (Å²) in [7, 11) is -1.80. The van der Waals surface area contributed by atoms with Gasteiger partial charge in [-0.2, -0.15) is 0 Å². The second kappa shape index (κ2) is 5.19. The van der Waals surface area contributed by atoms with E-state index in [1.165, 1.54) is 13.1 Å². The molecule has 0 amide bonds. The van der Waals surface area contributed by atoms with Crippen molar-refractivity contribution in [3.63, 3.8) is 0 Å². The maximum Gasteiger partial charge on any atom is 0.333 e. The molecule has 102 valence electrons. The van der Waals surface area contributed by atoms with Gasteiger partial charge in [-0.1, -0.05) is 20.8 Å². The van der Waals surface area contributed by atoms with Crippen LogP contribution in [0.2, 0.25) is 18.1 Å². The summed E-state index contributed by atoms with van der Waals surface area (Å²) >= 11 is 0. The first-order valence-corrected chi connectivity index (χ1v) is 8.77. The molecule has 7 heteroatoms. The third-order valence-corrected chi connectivity index (χ3v) is 7.60. The summed E-state index contributed by atoms with van der Waals surface area (Å²) < 4.78 is 5.98. The third kappa shape index (κ3) is 3.92. The zero-order valence-corrected chi connectivity index (χ0v) is 12.9. The Morgan fingerprint density at radius 3 is 2.56 bits per heavy atom. The highest BCUT2D eigenvalue weighted by Gasteiger charge is 2.37. The Hall–Kier alpha value is -1.21. The highest BCUT2D eigenvalue weighted by Crippen LogP contribution is 2.36. The molecule has 0 saturated heterocycles. The zero-order valence-electron chi connectivity index (χ0n) is 11.9. The van der Waals surface area contributed by atoms with Crippen LogP contribution < -0.4 is 4.84 Å². The van der Waals surface area contributed by atoms with Crippen LogP contribution >= 0.6 is 0 Å². The fourth-order valence-corrected chi connectivity index (χ4v) is 1.92. The van der Waals surface area contributed by atoms with Crippen molar-refractivity contribution in [1.29, 1.82) is 0 Å². The lowest BCUT2D eigenvalue weighted by Crippen LogP contribution is -2.40. The van der Waals surface area contributed by atoms with Crippen molar-refractivity contribution < 1.29 is 14.1 Å². The van der Waals surface area contributed by atoms with Gasteiger partial charge in [0.1, 0.15) is 5.69 Å². The van der Waals surface area contributed by atoms with Crippen LogP contribution in [0.5, 0.6) is 0 Å².